The molecule has 0 bridgehead atoms. The van der Waals surface area contributed by atoms with Crippen molar-refractivity contribution in [1.82, 2.24) is 9.62 Å². The van der Waals surface area contributed by atoms with Crippen molar-refractivity contribution in [3.05, 3.63) is 0 Å². The average molecular weight is 319 g/mol. The SMILES string of the molecule is CCCC(C)(N)C(=O)N1CCC(NS(=O)(=O)CCC)CC1. The van der Waals surface area contributed by atoms with E-state index in [1.54, 1.807) is 11.8 Å². The molecule has 1 atom stereocenters. The number of likely N-dealkylation sites (tertiary alicyclic amines) is 1. The second-order valence-electron chi connectivity index (χ2n) is 6.17. The molecule has 1 heterocycles. The molecule has 1 fully saturated rings. The minimum Gasteiger partial charge on any atom is -0.341 e. The van der Waals surface area contributed by atoms with Gasteiger partial charge in [0.15, 0.2) is 0 Å². The van der Waals surface area contributed by atoms with E-state index in [0.717, 1.165) is 6.42 Å². The van der Waals surface area contributed by atoms with Crippen LogP contribution in [0.15, 0.2) is 0 Å². The van der Waals surface area contributed by atoms with E-state index in [4.69, 9.17) is 5.73 Å². The lowest BCUT2D eigenvalue weighted by molar-refractivity contribution is -0.137. The first-order chi connectivity index (χ1) is 9.72. The van der Waals surface area contributed by atoms with Crippen LogP contribution in [0.3, 0.4) is 0 Å². The van der Waals surface area contributed by atoms with E-state index in [2.05, 4.69) is 4.72 Å². The fourth-order valence-corrected chi connectivity index (χ4v) is 4.17. The second-order valence-corrected chi connectivity index (χ2v) is 8.04. The molecule has 0 radical (unpaired) electrons. The van der Waals surface area contributed by atoms with Crippen molar-refractivity contribution >= 4 is 15.9 Å². The van der Waals surface area contributed by atoms with Gasteiger partial charge in [-0.1, -0.05) is 20.3 Å². The predicted octanol–water partition coefficient (Wildman–Crippen LogP) is 0.824. The van der Waals surface area contributed by atoms with Gasteiger partial charge in [0, 0.05) is 19.1 Å². The maximum absolute atomic E-state index is 12.4. The molecular formula is C14H29N3O3S. The number of hydrogen-bond donors (Lipinski definition) is 2. The predicted molar refractivity (Wildman–Crippen MR) is 84.3 cm³/mol. The zero-order valence-corrected chi connectivity index (χ0v) is 14.2. The lowest BCUT2D eigenvalue weighted by Crippen LogP contribution is -2.56. The summed E-state index contributed by atoms with van der Waals surface area (Å²) in [6.07, 6.45) is 3.43. The Bertz CT molecular complexity index is 440. The van der Waals surface area contributed by atoms with Crippen molar-refractivity contribution in [2.24, 2.45) is 5.73 Å². The summed E-state index contributed by atoms with van der Waals surface area (Å²) in [5.74, 6) is 0.128. The fourth-order valence-electron chi connectivity index (χ4n) is 2.77. The normalized spacial score (nSPS) is 20.3. The van der Waals surface area contributed by atoms with Crippen molar-refractivity contribution in [3.8, 4) is 0 Å². The molecule has 1 amide bonds. The molecule has 0 aliphatic carbocycles. The monoisotopic (exact) mass is 319 g/mol. The highest BCUT2D eigenvalue weighted by molar-refractivity contribution is 7.89. The Morgan fingerprint density at radius 2 is 1.86 bits per heavy atom. The van der Waals surface area contributed by atoms with Gasteiger partial charge in [-0.05, 0) is 32.6 Å². The Kier molecular flexibility index (Phi) is 6.62. The third-order valence-corrected chi connectivity index (χ3v) is 5.50. The number of nitrogens with zero attached hydrogens (tertiary/aromatic N) is 1. The van der Waals surface area contributed by atoms with Crippen molar-refractivity contribution in [2.75, 3.05) is 18.8 Å². The molecule has 21 heavy (non-hydrogen) atoms. The number of amides is 1. The maximum Gasteiger partial charge on any atom is 0.242 e. The van der Waals surface area contributed by atoms with Crippen LogP contribution in [0.1, 0.15) is 52.9 Å². The third-order valence-electron chi connectivity index (χ3n) is 3.86. The van der Waals surface area contributed by atoms with E-state index in [1.165, 1.54) is 0 Å². The molecule has 1 aliphatic rings. The Balaban J connectivity index is 2.51. The number of carbonyl (C=O) groups is 1. The molecule has 3 N–H and O–H groups in total. The Hall–Kier alpha value is -0.660. The smallest absolute Gasteiger partial charge is 0.242 e. The molecule has 0 aromatic rings. The van der Waals surface area contributed by atoms with Crippen molar-refractivity contribution < 1.29 is 13.2 Å². The Morgan fingerprint density at radius 3 is 2.33 bits per heavy atom. The van der Waals surface area contributed by atoms with Crippen LogP contribution in [-0.2, 0) is 14.8 Å². The number of sulfonamides is 1. The molecular weight excluding hydrogens is 290 g/mol. The van der Waals surface area contributed by atoms with Crippen LogP contribution in [-0.4, -0.2) is 49.6 Å². The quantitative estimate of drug-likeness (QED) is 0.727. The fraction of sp³-hybridized carbons (Fsp3) is 0.929. The number of piperidine rings is 1. The van der Waals surface area contributed by atoms with Crippen LogP contribution < -0.4 is 10.5 Å². The highest BCUT2D eigenvalue weighted by Crippen LogP contribution is 2.18. The second kappa shape index (κ2) is 7.56. The van der Waals surface area contributed by atoms with Gasteiger partial charge in [0.2, 0.25) is 15.9 Å². The van der Waals surface area contributed by atoms with Gasteiger partial charge in [0.05, 0.1) is 11.3 Å². The van der Waals surface area contributed by atoms with Crippen molar-refractivity contribution in [1.29, 1.82) is 0 Å². The highest BCUT2D eigenvalue weighted by Gasteiger charge is 2.34. The first-order valence-electron chi connectivity index (χ1n) is 7.80. The zero-order chi connectivity index (χ0) is 16.1. The molecule has 0 spiro atoms. The van der Waals surface area contributed by atoms with E-state index in [-0.39, 0.29) is 17.7 Å². The minimum atomic E-state index is -3.18. The molecule has 0 saturated carbocycles. The molecule has 6 nitrogen and oxygen atoms in total. The summed E-state index contributed by atoms with van der Waals surface area (Å²) in [4.78, 5) is 14.1. The standard InChI is InChI=1S/C14H29N3O3S/c1-4-8-14(3,15)13(18)17-9-6-12(7-10-17)16-21(19,20)11-5-2/h12,16H,4-11,15H2,1-3H3. The van der Waals surface area contributed by atoms with Crippen LogP contribution in [0, 0.1) is 0 Å². The molecule has 0 aromatic heterocycles. The third kappa shape index (κ3) is 5.56. The van der Waals surface area contributed by atoms with Crippen LogP contribution in [0.2, 0.25) is 0 Å². The number of rotatable bonds is 7. The highest BCUT2D eigenvalue weighted by atomic mass is 32.2. The maximum atomic E-state index is 12.4. The molecule has 1 saturated heterocycles. The Labute approximate surface area is 128 Å². The van der Waals surface area contributed by atoms with Gasteiger partial charge < -0.3 is 10.6 Å². The molecule has 124 valence electrons. The topological polar surface area (TPSA) is 92.5 Å². The minimum absolute atomic E-state index is 0.0285. The number of nitrogens with two attached hydrogens (primary N) is 1. The molecule has 7 heteroatoms. The average Bonchev–Trinajstić information content (AvgIpc) is 2.38. The van der Waals surface area contributed by atoms with Gasteiger partial charge in [-0.25, -0.2) is 13.1 Å². The summed E-state index contributed by atoms with van der Waals surface area (Å²) < 4.78 is 26.2. The first-order valence-corrected chi connectivity index (χ1v) is 9.45. The molecule has 1 unspecified atom stereocenters. The van der Waals surface area contributed by atoms with Gasteiger partial charge in [-0.3, -0.25) is 4.79 Å². The lowest BCUT2D eigenvalue weighted by atomic mass is 9.94. The molecule has 1 rings (SSSR count). The number of nitrogens with one attached hydrogen (secondary N) is 1. The van der Waals surface area contributed by atoms with Gasteiger partial charge in [-0.15, -0.1) is 0 Å². The van der Waals surface area contributed by atoms with E-state index in [1.807, 2.05) is 13.8 Å². The van der Waals surface area contributed by atoms with E-state index >= 15 is 0 Å². The number of carbonyl (C=O) groups excluding carboxylic acids is 1. The molecule has 1 aliphatic heterocycles. The van der Waals surface area contributed by atoms with Crippen LogP contribution in [0.25, 0.3) is 0 Å². The van der Waals surface area contributed by atoms with Crippen molar-refractivity contribution in [2.45, 2.75) is 64.5 Å². The number of hydrogen-bond acceptors (Lipinski definition) is 4. The van der Waals surface area contributed by atoms with Gasteiger partial charge >= 0.3 is 0 Å². The van der Waals surface area contributed by atoms with Crippen LogP contribution >= 0.6 is 0 Å². The van der Waals surface area contributed by atoms with Crippen LogP contribution in [0.4, 0.5) is 0 Å². The Morgan fingerprint density at radius 1 is 1.29 bits per heavy atom. The van der Waals surface area contributed by atoms with E-state index in [9.17, 15) is 13.2 Å². The zero-order valence-electron chi connectivity index (χ0n) is 13.4. The van der Waals surface area contributed by atoms with Gasteiger partial charge in [0.25, 0.3) is 0 Å². The first kappa shape index (κ1) is 18.4. The van der Waals surface area contributed by atoms with Crippen molar-refractivity contribution in [3.63, 3.8) is 0 Å². The summed E-state index contributed by atoms with van der Waals surface area (Å²) >= 11 is 0. The van der Waals surface area contributed by atoms with Gasteiger partial charge in [-0.2, -0.15) is 0 Å². The summed E-state index contributed by atoms with van der Waals surface area (Å²) in [5, 5.41) is 0. The van der Waals surface area contributed by atoms with E-state index in [0.29, 0.717) is 38.8 Å². The van der Waals surface area contributed by atoms with Gasteiger partial charge in [0.1, 0.15) is 0 Å². The summed E-state index contributed by atoms with van der Waals surface area (Å²) in [6.45, 7) is 6.75. The lowest BCUT2D eigenvalue weighted by Gasteiger charge is -2.37. The summed E-state index contributed by atoms with van der Waals surface area (Å²) in [6, 6.07) is -0.0687. The summed E-state index contributed by atoms with van der Waals surface area (Å²) in [7, 11) is -3.18. The molecule has 0 aromatic carbocycles. The summed E-state index contributed by atoms with van der Waals surface area (Å²) in [5.41, 5.74) is 5.26. The largest absolute Gasteiger partial charge is 0.341 e. The van der Waals surface area contributed by atoms with Crippen LogP contribution in [0.5, 0.6) is 0 Å². The van der Waals surface area contributed by atoms with E-state index < -0.39 is 15.6 Å².